The lowest BCUT2D eigenvalue weighted by Gasteiger charge is -2.48. The minimum atomic E-state index is -0.750. The van der Waals surface area contributed by atoms with Crippen LogP contribution in [0.2, 0.25) is 0 Å². The number of aliphatic carboxylic acids is 1. The molecule has 5 heteroatoms. The van der Waals surface area contributed by atoms with Gasteiger partial charge in [-0.3, -0.25) is 9.69 Å². The van der Waals surface area contributed by atoms with E-state index >= 15 is 0 Å². The highest BCUT2D eigenvalue weighted by molar-refractivity contribution is 5.68. The first-order chi connectivity index (χ1) is 8.42. The summed E-state index contributed by atoms with van der Waals surface area (Å²) in [5.41, 5.74) is -0.387. The van der Waals surface area contributed by atoms with Crippen LogP contribution >= 0.6 is 0 Å². The smallest absolute Gasteiger partial charge is 0.305 e. The van der Waals surface area contributed by atoms with Gasteiger partial charge < -0.3 is 14.7 Å². The second-order valence-corrected chi connectivity index (χ2v) is 5.55. The largest absolute Gasteiger partial charge is 0.481 e. The second-order valence-electron chi connectivity index (χ2n) is 5.55. The zero-order valence-corrected chi connectivity index (χ0v) is 12.0. The molecule has 0 spiro atoms. The molecule has 1 aliphatic rings. The molecule has 18 heavy (non-hydrogen) atoms. The molecule has 0 bridgehead atoms. The number of likely N-dealkylation sites (N-methyl/N-ethyl adjacent to an activating group) is 1. The molecule has 0 saturated carbocycles. The minimum absolute atomic E-state index is 0.141. The highest BCUT2D eigenvalue weighted by Gasteiger charge is 2.42. The zero-order chi connectivity index (χ0) is 13.8. The minimum Gasteiger partial charge on any atom is -0.481 e. The average Bonchev–Trinajstić information content (AvgIpc) is 2.28. The summed E-state index contributed by atoms with van der Waals surface area (Å²) >= 11 is 0. The van der Waals surface area contributed by atoms with Crippen LogP contribution in [0.3, 0.4) is 0 Å². The third-order valence-electron chi connectivity index (χ3n) is 4.06. The fraction of sp³-hybridized carbons (Fsp3) is 0.923. The van der Waals surface area contributed by atoms with Crippen LogP contribution in [-0.2, 0) is 9.53 Å². The van der Waals surface area contributed by atoms with Gasteiger partial charge in [0.05, 0.1) is 18.6 Å². The van der Waals surface area contributed by atoms with Gasteiger partial charge in [0.2, 0.25) is 0 Å². The predicted molar refractivity (Wildman–Crippen MR) is 70.8 cm³/mol. The van der Waals surface area contributed by atoms with Gasteiger partial charge in [-0.05, 0) is 13.0 Å². The van der Waals surface area contributed by atoms with Crippen molar-refractivity contribution in [2.75, 3.05) is 46.9 Å². The SMILES string of the molecule is COCC(CC(=O)O)(C(C)C)N1CCN(C)CC1. The quantitative estimate of drug-likeness (QED) is 0.762. The van der Waals surface area contributed by atoms with E-state index in [4.69, 9.17) is 4.74 Å². The van der Waals surface area contributed by atoms with Gasteiger partial charge in [0.25, 0.3) is 0 Å². The Labute approximate surface area is 110 Å². The maximum absolute atomic E-state index is 11.2. The van der Waals surface area contributed by atoms with Crippen LogP contribution in [0.5, 0.6) is 0 Å². The van der Waals surface area contributed by atoms with Crippen molar-refractivity contribution < 1.29 is 14.6 Å². The summed E-state index contributed by atoms with van der Waals surface area (Å²) in [7, 11) is 3.75. The number of nitrogens with zero attached hydrogens (tertiary/aromatic N) is 2. The molecule has 1 fully saturated rings. The Bertz CT molecular complexity index is 275. The van der Waals surface area contributed by atoms with Gasteiger partial charge in [-0.25, -0.2) is 0 Å². The summed E-state index contributed by atoms with van der Waals surface area (Å²) in [6, 6.07) is 0. The summed E-state index contributed by atoms with van der Waals surface area (Å²) in [6.07, 6.45) is 0.141. The number of carboxylic acids is 1. The highest BCUT2D eigenvalue weighted by atomic mass is 16.5. The van der Waals surface area contributed by atoms with Crippen molar-refractivity contribution in [1.82, 2.24) is 9.80 Å². The van der Waals surface area contributed by atoms with Gasteiger partial charge >= 0.3 is 5.97 Å². The number of ether oxygens (including phenoxy) is 1. The van der Waals surface area contributed by atoms with E-state index in [1.165, 1.54) is 0 Å². The lowest BCUT2D eigenvalue weighted by molar-refractivity contribution is -0.144. The summed E-state index contributed by atoms with van der Waals surface area (Å²) < 4.78 is 5.33. The van der Waals surface area contributed by atoms with Gasteiger partial charge in [-0.15, -0.1) is 0 Å². The van der Waals surface area contributed by atoms with E-state index in [-0.39, 0.29) is 17.9 Å². The summed E-state index contributed by atoms with van der Waals surface area (Å²) in [5, 5.41) is 9.21. The first kappa shape index (κ1) is 15.4. The lowest BCUT2D eigenvalue weighted by atomic mass is 9.81. The molecule has 106 valence electrons. The van der Waals surface area contributed by atoms with Crippen LogP contribution in [-0.4, -0.2) is 73.4 Å². The Morgan fingerprint density at radius 3 is 2.28 bits per heavy atom. The molecule has 5 nitrogen and oxygen atoms in total. The first-order valence-corrected chi connectivity index (χ1v) is 6.56. The number of hydrogen-bond donors (Lipinski definition) is 1. The van der Waals surface area contributed by atoms with Crippen LogP contribution < -0.4 is 0 Å². The van der Waals surface area contributed by atoms with E-state index in [1.807, 2.05) is 0 Å². The van der Waals surface area contributed by atoms with Gasteiger partial charge in [-0.1, -0.05) is 13.8 Å². The number of carbonyl (C=O) groups is 1. The molecule has 1 rings (SSSR count). The molecule has 1 unspecified atom stereocenters. The van der Waals surface area contributed by atoms with Crippen LogP contribution in [0.4, 0.5) is 0 Å². The maximum atomic E-state index is 11.2. The van der Waals surface area contributed by atoms with Crippen molar-refractivity contribution in [3.05, 3.63) is 0 Å². The number of hydrogen-bond acceptors (Lipinski definition) is 4. The normalized spacial score (nSPS) is 22.1. The standard InChI is InChI=1S/C13H26N2O3/c1-11(2)13(10-18-4,9-12(16)17)15-7-5-14(3)6-8-15/h11H,5-10H2,1-4H3,(H,16,17). The van der Waals surface area contributed by atoms with Gasteiger partial charge in [-0.2, -0.15) is 0 Å². The van der Waals surface area contributed by atoms with Crippen LogP contribution in [0.25, 0.3) is 0 Å². The molecule has 1 heterocycles. The third kappa shape index (κ3) is 3.43. The van der Waals surface area contributed by atoms with E-state index in [9.17, 15) is 9.90 Å². The molecular formula is C13H26N2O3. The van der Waals surface area contributed by atoms with E-state index in [1.54, 1.807) is 7.11 Å². The molecule has 0 aromatic rings. The Balaban J connectivity index is 2.89. The van der Waals surface area contributed by atoms with Crippen LogP contribution in [0.15, 0.2) is 0 Å². The van der Waals surface area contributed by atoms with E-state index < -0.39 is 5.97 Å². The molecule has 0 aromatic heterocycles. The molecule has 1 saturated heterocycles. The lowest BCUT2D eigenvalue weighted by Crippen LogP contribution is -2.61. The fourth-order valence-electron chi connectivity index (χ4n) is 2.75. The van der Waals surface area contributed by atoms with Crippen LogP contribution in [0, 0.1) is 5.92 Å². The molecule has 1 aliphatic heterocycles. The van der Waals surface area contributed by atoms with Crippen molar-refractivity contribution in [3.63, 3.8) is 0 Å². The Kier molecular flexibility index (Phi) is 5.56. The molecule has 0 amide bonds. The predicted octanol–water partition coefficient (Wildman–Crippen LogP) is 0.750. The van der Waals surface area contributed by atoms with Crippen molar-refractivity contribution in [2.45, 2.75) is 25.8 Å². The monoisotopic (exact) mass is 258 g/mol. The average molecular weight is 258 g/mol. The maximum Gasteiger partial charge on any atom is 0.305 e. The van der Waals surface area contributed by atoms with E-state index in [0.717, 1.165) is 26.2 Å². The summed E-state index contributed by atoms with van der Waals surface area (Å²) in [6.45, 7) is 8.42. The third-order valence-corrected chi connectivity index (χ3v) is 4.06. The number of methoxy groups -OCH3 is 1. The van der Waals surface area contributed by atoms with Crippen molar-refractivity contribution in [3.8, 4) is 0 Å². The molecule has 0 aromatic carbocycles. The number of carboxylic acid groups (broad SMARTS) is 1. The fourth-order valence-corrected chi connectivity index (χ4v) is 2.75. The van der Waals surface area contributed by atoms with Gasteiger partial charge in [0.1, 0.15) is 0 Å². The zero-order valence-electron chi connectivity index (χ0n) is 12.0. The van der Waals surface area contributed by atoms with E-state index in [2.05, 4.69) is 30.7 Å². The van der Waals surface area contributed by atoms with Gasteiger partial charge in [0, 0.05) is 33.3 Å². The number of piperazine rings is 1. The topological polar surface area (TPSA) is 53.0 Å². The van der Waals surface area contributed by atoms with E-state index in [0.29, 0.717) is 6.61 Å². The van der Waals surface area contributed by atoms with Crippen molar-refractivity contribution in [1.29, 1.82) is 0 Å². The Morgan fingerprint density at radius 2 is 1.89 bits per heavy atom. The first-order valence-electron chi connectivity index (χ1n) is 6.56. The second kappa shape index (κ2) is 6.50. The Hall–Kier alpha value is -0.650. The molecular weight excluding hydrogens is 232 g/mol. The Morgan fingerprint density at radius 1 is 1.33 bits per heavy atom. The highest BCUT2D eigenvalue weighted by Crippen LogP contribution is 2.30. The number of rotatable bonds is 6. The van der Waals surface area contributed by atoms with Crippen molar-refractivity contribution in [2.24, 2.45) is 5.92 Å². The summed E-state index contributed by atoms with van der Waals surface area (Å²) in [4.78, 5) is 15.8. The molecule has 1 N–H and O–H groups in total. The van der Waals surface area contributed by atoms with Gasteiger partial charge in [0.15, 0.2) is 0 Å². The molecule has 0 aliphatic carbocycles. The van der Waals surface area contributed by atoms with Crippen molar-refractivity contribution >= 4 is 5.97 Å². The van der Waals surface area contributed by atoms with Crippen LogP contribution in [0.1, 0.15) is 20.3 Å². The molecule has 1 atom stereocenters. The molecule has 0 radical (unpaired) electrons. The summed E-state index contributed by atoms with van der Waals surface area (Å²) in [5.74, 6) is -0.503.